The van der Waals surface area contributed by atoms with Crippen molar-refractivity contribution in [2.75, 3.05) is 12.4 Å². The van der Waals surface area contributed by atoms with Crippen LogP contribution in [0, 0.1) is 0 Å². The highest BCUT2D eigenvalue weighted by molar-refractivity contribution is 9.11. The predicted octanol–water partition coefficient (Wildman–Crippen LogP) is 4.05. The van der Waals surface area contributed by atoms with Gasteiger partial charge < -0.3 is 14.6 Å². The van der Waals surface area contributed by atoms with Gasteiger partial charge in [0.25, 0.3) is 0 Å². The maximum absolute atomic E-state index is 5.29. The molecular weight excluding hydrogens is 374 g/mol. The van der Waals surface area contributed by atoms with Crippen LogP contribution in [0.3, 0.4) is 0 Å². The van der Waals surface area contributed by atoms with Crippen LogP contribution >= 0.6 is 31.9 Å². The van der Waals surface area contributed by atoms with Crippen molar-refractivity contribution in [1.29, 1.82) is 0 Å². The summed E-state index contributed by atoms with van der Waals surface area (Å²) in [7, 11) is 1.65. The van der Waals surface area contributed by atoms with E-state index in [1.165, 1.54) is 0 Å². The van der Waals surface area contributed by atoms with Gasteiger partial charge in [0.05, 0.1) is 23.8 Å². The number of aromatic nitrogens is 2. The summed E-state index contributed by atoms with van der Waals surface area (Å²) in [6, 6.07) is 3.92. The molecule has 0 aliphatic carbocycles. The minimum Gasteiger partial charge on any atom is -0.495 e. The average molecular weight is 389 g/mol. The van der Waals surface area contributed by atoms with E-state index < -0.39 is 0 Å². The van der Waals surface area contributed by atoms with Gasteiger partial charge in [0.2, 0.25) is 0 Å². The molecular formula is C13H15Br2N3O. The van der Waals surface area contributed by atoms with E-state index in [1.807, 2.05) is 24.5 Å². The summed E-state index contributed by atoms with van der Waals surface area (Å²) in [5, 5.41) is 3.36. The molecule has 0 unspecified atom stereocenters. The zero-order valence-corrected chi connectivity index (χ0v) is 14.0. The number of rotatable bonds is 5. The molecule has 1 aromatic carbocycles. The normalized spacial score (nSPS) is 10.5. The predicted molar refractivity (Wildman–Crippen MR) is 83.6 cm³/mol. The van der Waals surface area contributed by atoms with Crippen LogP contribution in [0.15, 0.2) is 33.5 Å². The molecule has 0 radical (unpaired) electrons. The zero-order chi connectivity index (χ0) is 13.8. The molecule has 0 saturated carbocycles. The first-order chi connectivity index (χ1) is 9.15. The third kappa shape index (κ3) is 3.30. The molecule has 0 aliphatic heterocycles. The fourth-order valence-corrected chi connectivity index (χ4v) is 3.09. The monoisotopic (exact) mass is 387 g/mol. The van der Waals surface area contributed by atoms with Crippen LogP contribution in [0.25, 0.3) is 0 Å². The number of hydrogen-bond acceptors (Lipinski definition) is 3. The van der Waals surface area contributed by atoms with E-state index in [2.05, 4.69) is 53.7 Å². The van der Waals surface area contributed by atoms with Crippen molar-refractivity contribution in [3.8, 4) is 5.75 Å². The van der Waals surface area contributed by atoms with Crippen LogP contribution in [0.1, 0.15) is 12.7 Å². The second kappa shape index (κ2) is 6.43. The number of benzene rings is 1. The van der Waals surface area contributed by atoms with Gasteiger partial charge >= 0.3 is 0 Å². The molecule has 2 aromatic rings. The number of nitrogens with one attached hydrogen (secondary N) is 1. The van der Waals surface area contributed by atoms with Gasteiger partial charge in [-0.05, 0) is 44.8 Å². The van der Waals surface area contributed by atoms with Crippen LogP contribution in [-0.4, -0.2) is 16.7 Å². The van der Waals surface area contributed by atoms with Crippen molar-refractivity contribution in [1.82, 2.24) is 9.55 Å². The van der Waals surface area contributed by atoms with Gasteiger partial charge in [-0.1, -0.05) is 0 Å². The molecule has 0 amide bonds. The minimum absolute atomic E-state index is 0.671. The topological polar surface area (TPSA) is 39.1 Å². The minimum atomic E-state index is 0.671. The smallest absolute Gasteiger partial charge is 0.135 e. The van der Waals surface area contributed by atoms with Crippen molar-refractivity contribution >= 4 is 37.5 Å². The number of anilines is 1. The van der Waals surface area contributed by atoms with Gasteiger partial charge in [-0.25, -0.2) is 4.98 Å². The van der Waals surface area contributed by atoms with Gasteiger partial charge in [0.15, 0.2) is 0 Å². The molecule has 1 N–H and O–H groups in total. The molecule has 0 fully saturated rings. The molecule has 0 spiro atoms. The van der Waals surface area contributed by atoms with Crippen molar-refractivity contribution < 1.29 is 4.74 Å². The van der Waals surface area contributed by atoms with E-state index in [0.29, 0.717) is 6.54 Å². The highest BCUT2D eigenvalue weighted by Gasteiger charge is 2.08. The van der Waals surface area contributed by atoms with Crippen LogP contribution < -0.4 is 10.1 Å². The second-order valence-electron chi connectivity index (χ2n) is 3.95. The first kappa shape index (κ1) is 14.4. The van der Waals surface area contributed by atoms with Gasteiger partial charge in [-0.15, -0.1) is 0 Å². The van der Waals surface area contributed by atoms with E-state index in [4.69, 9.17) is 4.74 Å². The Morgan fingerprint density at radius 1 is 1.32 bits per heavy atom. The fourth-order valence-electron chi connectivity index (χ4n) is 1.79. The SMILES string of the molecule is CCn1ccnc1CNc1cc(OC)c(Br)cc1Br. The summed E-state index contributed by atoms with van der Waals surface area (Å²) in [5.41, 5.74) is 0.978. The lowest BCUT2D eigenvalue weighted by atomic mass is 10.3. The standard InChI is InChI=1S/C13H15Br2N3O/c1-3-18-5-4-16-13(18)8-17-11-7-12(19-2)10(15)6-9(11)14/h4-7,17H,3,8H2,1-2H3. The highest BCUT2D eigenvalue weighted by atomic mass is 79.9. The van der Waals surface area contributed by atoms with Crippen LogP contribution in [0.5, 0.6) is 5.75 Å². The lowest BCUT2D eigenvalue weighted by Gasteiger charge is -2.12. The van der Waals surface area contributed by atoms with Crippen LogP contribution in [-0.2, 0) is 13.1 Å². The van der Waals surface area contributed by atoms with E-state index in [1.54, 1.807) is 7.11 Å². The third-order valence-electron chi connectivity index (χ3n) is 2.82. The van der Waals surface area contributed by atoms with E-state index >= 15 is 0 Å². The summed E-state index contributed by atoms with van der Waals surface area (Å²) < 4.78 is 9.30. The van der Waals surface area contributed by atoms with Crippen LogP contribution in [0.4, 0.5) is 5.69 Å². The molecule has 0 atom stereocenters. The largest absolute Gasteiger partial charge is 0.495 e. The number of methoxy groups -OCH3 is 1. The Balaban J connectivity index is 2.15. The van der Waals surface area contributed by atoms with Gasteiger partial charge in [0.1, 0.15) is 11.6 Å². The third-order valence-corrected chi connectivity index (χ3v) is 4.10. The Hall–Kier alpha value is -1.01. The summed E-state index contributed by atoms with van der Waals surface area (Å²) >= 11 is 6.99. The van der Waals surface area contributed by atoms with E-state index in [9.17, 15) is 0 Å². The summed E-state index contributed by atoms with van der Waals surface area (Å²) in [5.74, 6) is 1.81. The molecule has 2 rings (SSSR count). The summed E-state index contributed by atoms with van der Waals surface area (Å²) in [6.45, 7) is 3.69. The molecule has 0 bridgehead atoms. The lowest BCUT2D eigenvalue weighted by Crippen LogP contribution is -2.08. The highest BCUT2D eigenvalue weighted by Crippen LogP contribution is 2.34. The van der Waals surface area contributed by atoms with E-state index in [0.717, 1.165) is 32.8 Å². The number of ether oxygens (including phenoxy) is 1. The summed E-state index contributed by atoms with van der Waals surface area (Å²) in [6.07, 6.45) is 3.80. The lowest BCUT2D eigenvalue weighted by molar-refractivity contribution is 0.412. The van der Waals surface area contributed by atoms with Crippen molar-refractivity contribution in [3.63, 3.8) is 0 Å². The average Bonchev–Trinajstić information content (AvgIpc) is 2.85. The maximum Gasteiger partial charge on any atom is 0.135 e. The molecule has 0 saturated heterocycles. The Morgan fingerprint density at radius 3 is 2.79 bits per heavy atom. The Kier molecular flexibility index (Phi) is 4.87. The van der Waals surface area contributed by atoms with Gasteiger partial charge in [-0.3, -0.25) is 0 Å². The first-order valence-corrected chi connectivity index (χ1v) is 7.51. The summed E-state index contributed by atoms with van der Waals surface area (Å²) in [4.78, 5) is 4.34. The molecule has 1 aromatic heterocycles. The van der Waals surface area contributed by atoms with Crippen molar-refractivity contribution in [3.05, 3.63) is 39.3 Å². The maximum atomic E-state index is 5.29. The molecule has 0 aliphatic rings. The van der Waals surface area contributed by atoms with Gasteiger partial charge in [0, 0.05) is 29.5 Å². The van der Waals surface area contributed by atoms with Gasteiger partial charge in [-0.2, -0.15) is 0 Å². The Morgan fingerprint density at radius 2 is 2.11 bits per heavy atom. The Bertz CT molecular complexity index is 569. The quantitative estimate of drug-likeness (QED) is 0.839. The van der Waals surface area contributed by atoms with Crippen LogP contribution in [0.2, 0.25) is 0 Å². The fraction of sp³-hybridized carbons (Fsp3) is 0.308. The molecule has 102 valence electrons. The number of aryl methyl sites for hydroxylation is 1. The Labute approximate surface area is 129 Å². The number of nitrogens with zero attached hydrogens (tertiary/aromatic N) is 2. The zero-order valence-electron chi connectivity index (χ0n) is 10.8. The molecule has 6 heteroatoms. The van der Waals surface area contributed by atoms with Crippen molar-refractivity contribution in [2.45, 2.75) is 20.0 Å². The van der Waals surface area contributed by atoms with Crippen molar-refractivity contribution in [2.24, 2.45) is 0 Å². The number of imidazole rings is 1. The molecule has 4 nitrogen and oxygen atoms in total. The number of hydrogen-bond donors (Lipinski definition) is 1. The molecule has 1 heterocycles. The molecule has 19 heavy (non-hydrogen) atoms. The second-order valence-corrected chi connectivity index (χ2v) is 5.66. The first-order valence-electron chi connectivity index (χ1n) is 5.92. The number of halogens is 2. The van der Waals surface area contributed by atoms with E-state index in [-0.39, 0.29) is 0 Å².